The van der Waals surface area contributed by atoms with Gasteiger partial charge in [0, 0.05) is 13.6 Å². The van der Waals surface area contributed by atoms with E-state index in [1.165, 1.54) is 0 Å². The van der Waals surface area contributed by atoms with Crippen LogP contribution < -0.4 is 4.72 Å². The molecule has 0 saturated heterocycles. The molecule has 1 aromatic heterocycles. The molecular weight excluding hydrogens is 274 g/mol. The highest BCUT2D eigenvalue weighted by molar-refractivity contribution is 7.89. The fourth-order valence-corrected chi connectivity index (χ4v) is 3.67. The van der Waals surface area contributed by atoms with Gasteiger partial charge in [-0.25, -0.2) is 13.1 Å². The van der Waals surface area contributed by atoms with Crippen molar-refractivity contribution >= 4 is 10.0 Å². The van der Waals surface area contributed by atoms with E-state index >= 15 is 0 Å². The summed E-state index contributed by atoms with van der Waals surface area (Å²) in [6.45, 7) is 5.71. The van der Waals surface area contributed by atoms with Gasteiger partial charge in [0.25, 0.3) is 0 Å². The second-order valence-corrected chi connectivity index (χ2v) is 6.64. The van der Waals surface area contributed by atoms with Crippen LogP contribution in [0.25, 0.3) is 0 Å². The van der Waals surface area contributed by atoms with E-state index in [9.17, 15) is 8.42 Å². The molecule has 0 aliphatic heterocycles. The molecule has 1 aromatic carbocycles. The van der Waals surface area contributed by atoms with E-state index in [1.54, 1.807) is 25.6 Å². The number of hydrogen-bond donors (Lipinski definition) is 1. The average molecular weight is 293 g/mol. The number of nitrogens with one attached hydrogen (secondary N) is 1. The SMILES string of the molecule is Cc1cccc(CNS(=O)(=O)c2c(C)nn(C)c2C)c1. The molecule has 6 heteroatoms. The van der Waals surface area contributed by atoms with E-state index in [0.29, 0.717) is 11.4 Å². The molecule has 0 radical (unpaired) electrons. The van der Waals surface area contributed by atoms with Gasteiger partial charge in [-0.3, -0.25) is 4.68 Å². The summed E-state index contributed by atoms with van der Waals surface area (Å²) >= 11 is 0. The lowest BCUT2D eigenvalue weighted by atomic mass is 10.1. The van der Waals surface area contributed by atoms with Gasteiger partial charge in [0.15, 0.2) is 0 Å². The molecule has 0 amide bonds. The van der Waals surface area contributed by atoms with Crippen LogP contribution in [0.15, 0.2) is 29.2 Å². The summed E-state index contributed by atoms with van der Waals surface area (Å²) in [5.41, 5.74) is 3.20. The van der Waals surface area contributed by atoms with Crippen molar-refractivity contribution in [3.05, 3.63) is 46.8 Å². The highest BCUT2D eigenvalue weighted by Crippen LogP contribution is 2.18. The maximum Gasteiger partial charge on any atom is 0.244 e. The topological polar surface area (TPSA) is 64.0 Å². The van der Waals surface area contributed by atoms with Gasteiger partial charge in [0.05, 0.1) is 11.4 Å². The molecular formula is C14H19N3O2S. The zero-order chi connectivity index (χ0) is 14.9. The molecule has 0 bridgehead atoms. The molecule has 5 nitrogen and oxygen atoms in total. The van der Waals surface area contributed by atoms with Crippen LogP contribution in [0.3, 0.4) is 0 Å². The monoisotopic (exact) mass is 293 g/mol. The van der Waals surface area contributed by atoms with Gasteiger partial charge in [-0.1, -0.05) is 29.8 Å². The van der Waals surface area contributed by atoms with Crippen molar-refractivity contribution in [1.82, 2.24) is 14.5 Å². The Labute approximate surface area is 119 Å². The van der Waals surface area contributed by atoms with Gasteiger partial charge >= 0.3 is 0 Å². The van der Waals surface area contributed by atoms with Gasteiger partial charge in [-0.2, -0.15) is 5.10 Å². The summed E-state index contributed by atoms with van der Waals surface area (Å²) in [5.74, 6) is 0. The number of nitrogens with zero attached hydrogens (tertiary/aromatic N) is 2. The van der Waals surface area contributed by atoms with Crippen LogP contribution in [0.2, 0.25) is 0 Å². The van der Waals surface area contributed by atoms with Crippen molar-refractivity contribution < 1.29 is 8.42 Å². The first-order valence-corrected chi connectivity index (χ1v) is 7.85. The van der Waals surface area contributed by atoms with E-state index in [-0.39, 0.29) is 11.4 Å². The maximum absolute atomic E-state index is 12.4. The smallest absolute Gasteiger partial charge is 0.244 e. The molecule has 2 aromatic rings. The van der Waals surface area contributed by atoms with Crippen LogP contribution in [-0.2, 0) is 23.6 Å². The third-order valence-electron chi connectivity index (χ3n) is 3.26. The van der Waals surface area contributed by atoms with Gasteiger partial charge in [-0.05, 0) is 26.3 Å². The van der Waals surface area contributed by atoms with Gasteiger partial charge < -0.3 is 0 Å². The Balaban J connectivity index is 2.24. The second-order valence-electron chi connectivity index (χ2n) is 4.94. The summed E-state index contributed by atoms with van der Waals surface area (Å²) in [7, 11) is -1.81. The van der Waals surface area contributed by atoms with Gasteiger partial charge in [-0.15, -0.1) is 0 Å². The highest BCUT2D eigenvalue weighted by Gasteiger charge is 2.23. The second kappa shape index (κ2) is 5.38. The Kier molecular flexibility index (Phi) is 3.96. The molecule has 0 spiro atoms. The normalized spacial score (nSPS) is 11.8. The van der Waals surface area contributed by atoms with Crippen molar-refractivity contribution in [2.24, 2.45) is 7.05 Å². The number of benzene rings is 1. The highest BCUT2D eigenvalue weighted by atomic mass is 32.2. The van der Waals surface area contributed by atoms with Crippen LogP contribution in [0.5, 0.6) is 0 Å². The Morgan fingerprint density at radius 3 is 2.50 bits per heavy atom. The molecule has 0 fully saturated rings. The number of aryl methyl sites for hydroxylation is 3. The van der Waals surface area contributed by atoms with E-state index in [2.05, 4.69) is 9.82 Å². The van der Waals surface area contributed by atoms with E-state index in [0.717, 1.165) is 11.1 Å². The van der Waals surface area contributed by atoms with Crippen LogP contribution in [0.1, 0.15) is 22.5 Å². The minimum atomic E-state index is -3.55. The fraction of sp³-hybridized carbons (Fsp3) is 0.357. The van der Waals surface area contributed by atoms with Gasteiger partial charge in [0.2, 0.25) is 10.0 Å². The fourth-order valence-electron chi connectivity index (χ4n) is 2.22. The molecule has 1 heterocycles. The zero-order valence-corrected chi connectivity index (χ0v) is 13.0. The minimum absolute atomic E-state index is 0.271. The number of sulfonamides is 1. The van der Waals surface area contributed by atoms with Crippen molar-refractivity contribution in [2.45, 2.75) is 32.2 Å². The molecule has 2 rings (SSSR count). The summed E-state index contributed by atoms with van der Waals surface area (Å²) in [6, 6.07) is 7.76. The largest absolute Gasteiger partial charge is 0.271 e. The van der Waals surface area contributed by atoms with Crippen LogP contribution in [-0.4, -0.2) is 18.2 Å². The molecule has 0 aliphatic rings. The average Bonchev–Trinajstić information content (AvgIpc) is 2.61. The zero-order valence-electron chi connectivity index (χ0n) is 12.1. The summed E-state index contributed by atoms with van der Waals surface area (Å²) in [5, 5.41) is 4.14. The molecule has 108 valence electrons. The molecule has 0 unspecified atom stereocenters. The predicted octanol–water partition coefficient (Wildman–Crippen LogP) is 1.82. The quantitative estimate of drug-likeness (QED) is 0.935. The molecule has 0 saturated carbocycles. The van der Waals surface area contributed by atoms with Crippen molar-refractivity contribution in [3.63, 3.8) is 0 Å². The molecule has 20 heavy (non-hydrogen) atoms. The minimum Gasteiger partial charge on any atom is -0.271 e. The lowest BCUT2D eigenvalue weighted by Crippen LogP contribution is -2.24. The first kappa shape index (κ1) is 14.7. The molecule has 1 N–H and O–H groups in total. The predicted molar refractivity (Wildman–Crippen MR) is 77.9 cm³/mol. The maximum atomic E-state index is 12.4. The Bertz CT molecular complexity index is 733. The lowest BCUT2D eigenvalue weighted by molar-refractivity contribution is 0.579. The van der Waals surface area contributed by atoms with Crippen LogP contribution in [0.4, 0.5) is 0 Å². The number of rotatable bonds is 4. The Morgan fingerprint density at radius 1 is 1.25 bits per heavy atom. The number of aromatic nitrogens is 2. The molecule has 0 atom stereocenters. The van der Waals surface area contributed by atoms with Crippen molar-refractivity contribution in [2.75, 3.05) is 0 Å². The molecule has 0 aliphatic carbocycles. The van der Waals surface area contributed by atoms with E-state index in [4.69, 9.17) is 0 Å². The first-order chi connectivity index (χ1) is 9.31. The summed E-state index contributed by atoms with van der Waals surface area (Å²) in [4.78, 5) is 0.271. The third-order valence-corrected chi connectivity index (χ3v) is 4.91. The Hall–Kier alpha value is -1.66. The van der Waals surface area contributed by atoms with Crippen molar-refractivity contribution in [3.8, 4) is 0 Å². The van der Waals surface area contributed by atoms with Gasteiger partial charge in [0.1, 0.15) is 4.90 Å². The third kappa shape index (κ3) is 2.91. The number of hydrogen-bond acceptors (Lipinski definition) is 3. The van der Waals surface area contributed by atoms with Crippen LogP contribution >= 0.6 is 0 Å². The van der Waals surface area contributed by atoms with E-state index in [1.807, 2.05) is 31.2 Å². The van der Waals surface area contributed by atoms with Crippen LogP contribution in [0, 0.1) is 20.8 Å². The standard InChI is InChI=1S/C14H19N3O2S/c1-10-6-5-7-13(8-10)9-15-20(18,19)14-11(2)16-17(4)12(14)3/h5-8,15H,9H2,1-4H3. The summed E-state index contributed by atoms with van der Waals surface area (Å²) < 4.78 is 29.0. The Morgan fingerprint density at radius 2 is 1.95 bits per heavy atom. The summed E-state index contributed by atoms with van der Waals surface area (Å²) in [6.07, 6.45) is 0. The van der Waals surface area contributed by atoms with E-state index < -0.39 is 10.0 Å². The first-order valence-electron chi connectivity index (χ1n) is 6.36. The van der Waals surface area contributed by atoms with Crippen molar-refractivity contribution in [1.29, 1.82) is 0 Å². The lowest BCUT2D eigenvalue weighted by Gasteiger charge is -2.08.